The topological polar surface area (TPSA) is 50.4 Å². The molecule has 3 nitrogen and oxygen atoms in total. The summed E-state index contributed by atoms with van der Waals surface area (Å²) >= 11 is 3.40. The zero-order valence-corrected chi connectivity index (χ0v) is 10.7. The fraction of sp³-hybridized carbons (Fsp3) is 0.308. The lowest BCUT2D eigenvalue weighted by atomic mass is 9.64. The molecule has 1 aromatic carbocycles. The van der Waals surface area contributed by atoms with E-state index in [2.05, 4.69) is 15.9 Å². The van der Waals surface area contributed by atoms with Gasteiger partial charge in [-0.3, -0.25) is 4.79 Å². The Bertz CT molecular complexity index is 596. The fourth-order valence-electron chi connectivity index (χ4n) is 2.53. The molecule has 0 saturated heterocycles. The predicted molar refractivity (Wildman–Crippen MR) is 67.1 cm³/mol. The van der Waals surface area contributed by atoms with Crippen LogP contribution in [0.3, 0.4) is 0 Å². The summed E-state index contributed by atoms with van der Waals surface area (Å²) in [5.41, 5.74) is 0.762. The van der Waals surface area contributed by atoms with Crippen LogP contribution in [0.1, 0.15) is 24.8 Å². The normalized spacial score (nSPS) is 17.9. The molecule has 1 fully saturated rings. The molecule has 3 rings (SSSR count). The van der Waals surface area contributed by atoms with E-state index in [0.717, 1.165) is 21.8 Å². The van der Waals surface area contributed by atoms with E-state index in [-0.39, 0.29) is 0 Å². The van der Waals surface area contributed by atoms with Crippen LogP contribution in [0.25, 0.3) is 11.0 Å². The summed E-state index contributed by atoms with van der Waals surface area (Å²) in [4.78, 5) is 11.5. The molecule has 0 radical (unpaired) electrons. The van der Waals surface area contributed by atoms with E-state index in [0.29, 0.717) is 18.4 Å². The molecule has 1 aromatic heterocycles. The van der Waals surface area contributed by atoms with E-state index < -0.39 is 11.4 Å². The molecule has 0 atom stereocenters. The SMILES string of the molecule is O=C(O)C1(c2cccc3c(Br)coc23)CCC1. The van der Waals surface area contributed by atoms with Crippen molar-refractivity contribution in [1.82, 2.24) is 0 Å². The molecule has 0 aliphatic heterocycles. The number of rotatable bonds is 2. The molecule has 1 N–H and O–H groups in total. The summed E-state index contributed by atoms with van der Waals surface area (Å²) in [6.07, 6.45) is 3.96. The Balaban J connectivity index is 2.27. The van der Waals surface area contributed by atoms with Gasteiger partial charge in [0.2, 0.25) is 0 Å². The number of aliphatic carboxylic acids is 1. The monoisotopic (exact) mass is 294 g/mol. The van der Waals surface area contributed by atoms with E-state index in [1.54, 1.807) is 6.26 Å². The zero-order chi connectivity index (χ0) is 12.0. The molecule has 0 spiro atoms. The van der Waals surface area contributed by atoms with E-state index in [9.17, 15) is 9.90 Å². The molecule has 17 heavy (non-hydrogen) atoms. The highest BCUT2D eigenvalue weighted by Crippen LogP contribution is 2.47. The van der Waals surface area contributed by atoms with Gasteiger partial charge in [-0.05, 0) is 34.8 Å². The number of carboxylic acid groups (broad SMARTS) is 1. The summed E-state index contributed by atoms with van der Waals surface area (Å²) in [6, 6.07) is 5.69. The lowest BCUT2D eigenvalue weighted by molar-refractivity contribution is -0.147. The molecule has 0 bridgehead atoms. The summed E-state index contributed by atoms with van der Waals surface area (Å²) in [6.45, 7) is 0. The van der Waals surface area contributed by atoms with Crippen molar-refractivity contribution >= 4 is 32.9 Å². The largest absolute Gasteiger partial charge is 0.481 e. The molecule has 1 heterocycles. The number of carbonyl (C=O) groups is 1. The lowest BCUT2D eigenvalue weighted by Gasteiger charge is -2.37. The Labute approximate surface area is 107 Å². The first-order valence-electron chi connectivity index (χ1n) is 5.55. The Kier molecular flexibility index (Phi) is 2.30. The van der Waals surface area contributed by atoms with Gasteiger partial charge in [-0.25, -0.2) is 0 Å². The molecule has 0 unspecified atom stereocenters. The van der Waals surface area contributed by atoms with Crippen molar-refractivity contribution in [2.24, 2.45) is 0 Å². The molecular weight excluding hydrogens is 284 g/mol. The van der Waals surface area contributed by atoms with Gasteiger partial charge in [0.15, 0.2) is 0 Å². The maximum absolute atomic E-state index is 11.5. The van der Waals surface area contributed by atoms with Gasteiger partial charge < -0.3 is 9.52 Å². The van der Waals surface area contributed by atoms with Gasteiger partial charge in [0.1, 0.15) is 11.8 Å². The van der Waals surface area contributed by atoms with Crippen molar-refractivity contribution in [2.45, 2.75) is 24.7 Å². The average molecular weight is 295 g/mol. The molecule has 2 aromatic rings. The standard InChI is InChI=1S/C13H11BrO3/c14-10-7-17-11-8(10)3-1-4-9(11)13(12(15)16)5-2-6-13/h1,3-4,7H,2,5-6H2,(H,15,16). The second-order valence-corrected chi connectivity index (χ2v) is 5.36. The van der Waals surface area contributed by atoms with Crippen molar-refractivity contribution in [3.63, 3.8) is 0 Å². The Morgan fingerprint density at radius 2 is 2.18 bits per heavy atom. The van der Waals surface area contributed by atoms with Crippen LogP contribution in [0.15, 0.2) is 33.4 Å². The molecule has 1 aliphatic carbocycles. The highest BCUT2D eigenvalue weighted by Gasteiger charge is 2.47. The first-order valence-corrected chi connectivity index (χ1v) is 6.34. The first kappa shape index (κ1) is 10.8. The van der Waals surface area contributed by atoms with Crippen molar-refractivity contribution < 1.29 is 14.3 Å². The Morgan fingerprint density at radius 3 is 2.76 bits per heavy atom. The van der Waals surface area contributed by atoms with E-state index in [1.807, 2.05) is 18.2 Å². The highest BCUT2D eigenvalue weighted by atomic mass is 79.9. The number of hydrogen-bond acceptors (Lipinski definition) is 2. The van der Waals surface area contributed by atoms with Crippen LogP contribution in [0.2, 0.25) is 0 Å². The molecule has 0 amide bonds. The van der Waals surface area contributed by atoms with Gasteiger partial charge in [0.05, 0.1) is 9.89 Å². The second-order valence-electron chi connectivity index (χ2n) is 4.51. The molecule has 1 saturated carbocycles. The van der Waals surface area contributed by atoms with Gasteiger partial charge in [0, 0.05) is 10.9 Å². The number of benzene rings is 1. The van der Waals surface area contributed by atoms with E-state index in [4.69, 9.17) is 4.42 Å². The molecular formula is C13H11BrO3. The maximum atomic E-state index is 11.5. The molecule has 1 aliphatic rings. The summed E-state index contributed by atoms with van der Waals surface area (Å²) in [5.74, 6) is -0.747. The third-order valence-electron chi connectivity index (χ3n) is 3.68. The van der Waals surface area contributed by atoms with Crippen molar-refractivity contribution in [1.29, 1.82) is 0 Å². The van der Waals surface area contributed by atoms with Crippen molar-refractivity contribution in [2.75, 3.05) is 0 Å². The number of carboxylic acids is 1. The van der Waals surface area contributed by atoms with E-state index >= 15 is 0 Å². The summed E-state index contributed by atoms with van der Waals surface area (Å²) in [7, 11) is 0. The fourth-order valence-corrected chi connectivity index (χ4v) is 2.94. The Morgan fingerprint density at radius 1 is 1.41 bits per heavy atom. The smallest absolute Gasteiger partial charge is 0.314 e. The quantitative estimate of drug-likeness (QED) is 0.919. The highest BCUT2D eigenvalue weighted by molar-refractivity contribution is 9.10. The molecule has 4 heteroatoms. The van der Waals surface area contributed by atoms with Crippen molar-refractivity contribution in [3.8, 4) is 0 Å². The third-order valence-corrected chi connectivity index (χ3v) is 4.30. The van der Waals surface area contributed by atoms with Gasteiger partial charge in [0.25, 0.3) is 0 Å². The van der Waals surface area contributed by atoms with E-state index in [1.165, 1.54) is 0 Å². The Hall–Kier alpha value is -1.29. The second kappa shape index (κ2) is 3.60. The lowest BCUT2D eigenvalue weighted by Crippen LogP contribution is -2.42. The van der Waals surface area contributed by atoms with Gasteiger partial charge >= 0.3 is 5.97 Å². The summed E-state index contributed by atoms with van der Waals surface area (Å²) < 4.78 is 6.37. The first-order chi connectivity index (χ1) is 8.15. The average Bonchev–Trinajstić information content (AvgIpc) is 2.59. The molecule has 88 valence electrons. The van der Waals surface area contributed by atoms with Crippen LogP contribution < -0.4 is 0 Å². The number of hydrogen-bond donors (Lipinski definition) is 1. The summed E-state index contributed by atoms with van der Waals surface area (Å²) in [5, 5.41) is 10.4. The minimum Gasteiger partial charge on any atom is -0.481 e. The minimum atomic E-state index is -0.747. The van der Waals surface area contributed by atoms with Crippen LogP contribution in [0.5, 0.6) is 0 Å². The number of halogens is 1. The number of furan rings is 1. The van der Waals surface area contributed by atoms with Gasteiger partial charge in [-0.15, -0.1) is 0 Å². The van der Waals surface area contributed by atoms with Gasteiger partial charge in [-0.2, -0.15) is 0 Å². The van der Waals surface area contributed by atoms with Crippen LogP contribution in [0.4, 0.5) is 0 Å². The van der Waals surface area contributed by atoms with Gasteiger partial charge in [-0.1, -0.05) is 18.6 Å². The zero-order valence-electron chi connectivity index (χ0n) is 9.07. The maximum Gasteiger partial charge on any atom is 0.314 e. The minimum absolute atomic E-state index is 0.694. The van der Waals surface area contributed by atoms with Crippen LogP contribution >= 0.6 is 15.9 Å². The predicted octanol–water partition coefficient (Wildman–Crippen LogP) is 3.70. The number of para-hydroxylation sites is 1. The van der Waals surface area contributed by atoms with Crippen LogP contribution in [0, 0.1) is 0 Å². The third kappa shape index (κ3) is 1.37. The van der Waals surface area contributed by atoms with Crippen LogP contribution in [-0.2, 0) is 10.2 Å². The van der Waals surface area contributed by atoms with Crippen molar-refractivity contribution in [3.05, 3.63) is 34.5 Å². The number of fused-ring (bicyclic) bond motifs is 1. The van der Waals surface area contributed by atoms with Crippen LogP contribution in [-0.4, -0.2) is 11.1 Å².